The quantitative estimate of drug-likeness (QED) is 0.799. The summed E-state index contributed by atoms with van der Waals surface area (Å²) in [7, 11) is 0. The molecule has 98 valence electrons. The number of anilines is 1. The van der Waals surface area contributed by atoms with Crippen molar-refractivity contribution in [3.05, 3.63) is 29.8 Å². The third kappa shape index (κ3) is 1.52. The van der Waals surface area contributed by atoms with Gasteiger partial charge in [-0.1, -0.05) is 38.5 Å². The number of hydrogen-bond acceptors (Lipinski definition) is 1. The molecule has 3 unspecified atom stereocenters. The second kappa shape index (κ2) is 3.76. The van der Waals surface area contributed by atoms with E-state index in [1.54, 1.807) is 0 Å². The van der Waals surface area contributed by atoms with Crippen molar-refractivity contribution in [1.29, 1.82) is 0 Å². The minimum atomic E-state index is 0.461. The molecule has 0 radical (unpaired) electrons. The summed E-state index contributed by atoms with van der Waals surface area (Å²) in [6.45, 7) is 9.58. The molecule has 2 aliphatic carbocycles. The Kier molecular flexibility index (Phi) is 2.52. The number of fused-ring (bicyclic) bond motifs is 2. The number of aryl methyl sites for hydroxylation is 1. The van der Waals surface area contributed by atoms with Crippen molar-refractivity contribution in [3.8, 4) is 0 Å². The molecule has 1 nitrogen and oxygen atoms in total. The molecule has 0 aliphatic heterocycles. The Morgan fingerprint density at radius 3 is 2.28 bits per heavy atom. The van der Waals surface area contributed by atoms with Crippen LogP contribution in [0, 0.1) is 23.7 Å². The zero-order valence-corrected chi connectivity index (χ0v) is 12.1. The molecule has 3 atom stereocenters. The van der Waals surface area contributed by atoms with Gasteiger partial charge in [0.15, 0.2) is 0 Å². The smallest absolute Gasteiger partial charge is 0.0342 e. The summed E-state index contributed by atoms with van der Waals surface area (Å²) in [5.41, 5.74) is 3.58. The molecule has 1 N–H and O–H groups in total. The number of benzene rings is 1. The summed E-state index contributed by atoms with van der Waals surface area (Å²) < 4.78 is 0. The maximum Gasteiger partial charge on any atom is 0.0342 e. The van der Waals surface area contributed by atoms with Gasteiger partial charge in [-0.25, -0.2) is 0 Å². The lowest BCUT2D eigenvalue weighted by Crippen LogP contribution is -2.40. The Labute approximate surface area is 111 Å². The van der Waals surface area contributed by atoms with Crippen LogP contribution in [0.1, 0.15) is 45.6 Å². The zero-order valence-electron chi connectivity index (χ0n) is 12.1. The summed E-state index contributed by atoms with van der Waals surface area (Å²) in [5, 5.41) is 3.80. The van der Waals surface area contributed by atoms with Crippen LogP contribution >= 0.6 is 0 Å². The van der Waals surface area contributed by atoms with Crippen molar-refractivity contribution in [2.45, 2.75) is 53.0 Å². The topological polar surface area (TPSA) is 12.0 Å². The van der Waals surface area contributed by atoms with E-state index in [9.17, 15) is 0 Å². The molecule has 2 fully saturated rings. The predicted molar refractivity (Wildman–Crippen MR) is 77.8 cm³/mol. The molecule has 0 heterocycles. The van der Waals surface area contributed by atoms with Crippen molar-refractivity contribution >= 4 is 5.69 Å². The van der Waals surface area contributed by atoms with E-state index in [0.717, 1.165) is 5.92 Å². The van der Waals surface area contributed by atoms with Crippen LogP contribution in [-0.2, 0) is 0 Å². The van der Waals surface area contributed by atoms with Gasteiger partial charge in [0.2, 0.25) is 0 Å². The standard InChI is InChI=1S/C17H25N/c1-12-5-7-14(8-6-12)18-15-11-13-9-10-17(15,4)16(13,2)3/h5-8,13,15,18H,9-11H2,1-4H3. The molecule has 0 saturated heterocycles. The van der Waals surface area contributed by atoms with Crippen LogP contribution in [0.3, 0.4) is 0 Å². The fraction of sp³-hybridized carbons (Fsp3) is 0.647. The molecule has 0 amide bonds. The van der Waals surface area contributed by atoms with E-state index >= 15 is 0 Å². The Morgan fingerprint density at radius 1 is 1.11 bits per heavy atom. The predicted octanol–water partition coefficient (Wildman–Crippen LogP) is 4.62. The largest absolute Gasteiger partial charge is 0.382 e. The summed E-state index contributed by atoms with van der Waals surface area (Å²) in [4.78, 5) is 0. The van der Waals surface area contributed by atoms with E-state index in [1.165, 1.54) is 30.5 Å². The third-order valence-electron chi connectivity index (χ3n) is 6.19. The maximum atomic E-state index is 3.80. The van der Waals surface area contributed by atoms with Gasteiger partial charge < -0.3 is 5.32 Å². The molecule has 1 aromatic carbocycles. The van der Waals surface area contributed by atoms with Gasteiger partial charge in [-0.3, -0.25) is 0 Å². The minimum absolute atomic E-state index is 0.461. The van der Waals surface area contributed by atoms with Crippen LogP contribution < -0.4 is 5.32 Å². The number of nitrogens with one attached hydrogen (secondary N) is 1. The molecule has 2 bridgehead atoms. The minimum Gasteiger partial charge on any atom is -0.382 e. The van der Waals surface area contributed by atoms with Crippen molar-refractivity contribution in [1.82, 2.24) is 0 Å². The van der Waals surface area contributed by atoms with E-state index in [1.807, 2.05) is 0 Å². The Morgan fingerprint density at radius 2 is 1.78 bits per heavy atom. The van der Waals surface area contributed by atoms with Gasteiger partial charge in [0.05, 0.1) is 0 Å². The average molecular weight is 243 g/mol. The van der Waals surface area contributed by atoms with Gasteiger partial charge in [-0.05, 0) is 55.1 Å². The highest BCUT2D eigenvalue weighted by molar-refractivity contribution is 5.46. The van der Waals surface area contributed by atoms with Gasteiger partial charge in [0.25, 0.3) is 0 Å². The summed E-state index contributed by atoms with van der Waals surface area (Å²) in [6, 6.07) is 9.48. The van der Waals surface area contributed by atoms with Gasteiger partial charge in [0.1, 0.15) is 0 Å². The Balaban J connectivity index is 1.81. The lowest BCUT2D eigenvalue weighted by molar-refractivity contribution is 0.142. The highest BCUT2D eigenvalue weighted by Crippen LogP contribution is 2.65. The molecular weight excluding hydrogens is 218 g/mol. The van der Waals surface area contributed by atoms with Gasteiger partial charge in [-0.2, -0.15) is 0 Å². The van der Waals surface area contributed by atoms with Crippen molar-refractivity contribution in [2.75, 3.05) is 5.32 Å². The van der Waals surface area contributed by atoms with E-state index in [0.29, 0.717) is 16.9 Å². The molecule has 1 aromatic rings. The van der Waals surface area contributed by atoms with E-state index in [2.05, 4.69) is 57.3 Å². The number of rotatable bonds is 2. The number of hydrogen-bond donors (Lipinski definition) is 1. The van der Waals surface area contributed by atoms with Crippen LogP contribution in [0.5, 0.6) is 0 Å². The van der Waals surface area contributed by atoms with Crippen LogP contribution in [-0.4, -0.2) is 6.04 Å². The van der Waals surface area contributed by atoms with Crippen molar-refractivity contribution < 1.29 is 0 Å². The first-order valence-electron chi connectivity index (χ1n) is 7.27. The Bertz CT molecular complexity index is 445. The lowest BCUT2D eigenvalue weighted by Gasteiger charge is -2.40. The monoisotopic (exact) mass is 243 g/mol. The van der Waals surface area contributed by atoms with Crippen LogP contribution in [0.25, 0.3) is 0 Å². The summed E-state index contributed by atoms with van der Waals surface area (Å²) in [5.74, 6) is 0.908. The van der Waals surface area contributed by atoms with Crippen LogP contribution in [0.4, 0.5) is 5.69 Å². The first-order valence-corrected chi connectivity index (χ1v) is 7.27. The molecule has 2 aliphatic rings. The van der Waals surface area contributed by atoms with Crippen molar-refractivity contribution in [3.63, 3.8) is 0 Å². The molecule has 0 spiro atoms. The third-order valence-corrected chi connectivity index (χ3v) is 6.19. The average Bonchev–Trinajstić information content (AvgIpc) is 2.65. The summed E-state index contributed by atoms with van der Waals surface area (Å²) in [6.07, 6.45) is 4.15. The first kappa shape index (κ1) is 12.1. The van der Waals surface area contributed by atoms with Gasteiger partial charge >= 0.3 is 0 Å². The SMILES string of the molecule is Cc1ccc(NC2CC3CCC2(C)C3(C)C)cc1. The molecule has 18 heavy (non-hydrogen) atoms. The second-order valence-corrected chi connectivity index (χ2v) is 7.17. The van der Waals surface area contributed by atoms with Crippen LogP contribution in [0.2, 0.25) is 0 Å². The second-order valence-electron chi connectivity index (χ2n) is 7.17. The molecular formula is C17H25N. The molecule has 3 rings (SSSR count). The molecule has 2 saturated carbocycles. The highest BCUT2D eigenvalue weighted by atomic mass is 15.0. The molecule has 1 heteroatoms. The van der Waals surface area contributed by atoms with E-state index in [4.69, 9.17) is 0 Å². The van der Waals surface area contributed by atoms with Gasteiger partial charge in [-0.15, -0.1) is 0 Å². The first-order chi connectivity index (χ1) is 8.43. The zero-order chi connectivity index (χ0) is 13.0. The normalized spacial score (nSPS) is 36.9. The lowest BCUT2D eigenvalue weighted by atomic mass is 9.69. The summed E-state index contributed by atoms with van der Waals surface area (Å²) >= 11 is 0. The molecule has 0 aromatic heterocycles. The highest BCUT2D eigenvalue weighted by Gasteiger charge is 2.61. The Hall–Kier alpha value is -0.980. The van der Waals surface area contributed by atoms with Crippen molar-refractivity contribution in [2.24, 2.45) is 16.7 Å². The fourth-order valence-corrected chi connectivity index (χ4v) is 4.27. The van der Waals surface area contributed by atoms with E-state index < -0.39 is 0 Å². The fourth-order valence-electron chi connectivity index (χ4n) is 4.27. The maximum absolute atomic E-state index is 3.80. The van der Waals surface area contributed by atoms with Crippen LogP contribution in [0.15, 0.2) is 24.3 Å². The van der Waals surface area contributed by atoms with E-state index in [-0.39, 0.29) is 0 Å². The van der Waals surface area contributed by atoms with Gasteiger partial charge in [0, 0.05) is 11.7 Å².